The van der Waals surface area contributed by atoms with Crippen LogP contribution in [0.4, 0.5) is 0 Å². The van der Waals surface area contributed by atoms with Crippen LogP contribution >= 0.6 is 7.75 Å². The lowest BCUT2D eigenvalue weighted by molar-refractivity contribution is -0.141. The Morgan fingerprint density at radius 3 is 2.43 bits per heavy atom. The van der Waals surface area contributed by atoms with Crippen molar-refractivity contribution in [2.45, 2.75) is 19.1 Å². The number of rotatable bonds is 6. The minimum atomic E-state index is -4.40. The lowest BCUT2D eigenvalue weighted by Gasteiger charge is -2.19. The van der Waals surface area contributed by atoms with Gasteiger partial charge >= 0.3 is 13.7 Å². The lowest BCUT2D eigenvalue weighted by atomic mass is 10.2. The molecule has 0 aromatic heterocycles. The van der Waals surface area contributed by atoms with E-state index < -0.39 is 32.7 Å². The Hall–Kier alpha value is -0.500. The molecule has 0 aliphatic carbocycles. The highest BCUT2D eigenvalue weighted by Crippen LogP contribution is 2.37. The molecule has 84 valence electrons. The van der Waals surface area contributed by atoms with Gasteiger partial charge in [-0.1, -0.05) is 0 Å². The summed E-state index contributed by atoms with van der Waals surface area (Å²) in [5.74, 6) is -1.50. The summed E-state index contributed by atoms with van der Waals surface area (Å²) in [5.41, 5.74) is 0. The molecule has 5 N–H and O–H groups in total. The van der Waals surface area contributed by atoms with Gasteiger partial charge in [-0.3, -0.25) is 9.32 Å². The van der Waals surface area contributed by atoms with E-state index >= 15 is 0 Å². The van der Waals surface area contributed by atoms with Crippen molar-refractivity contribution in [1.29, 1.82) is 0 Å². The van der Waals surface area contributed by atoms with Gasteiger partial charge in [0, 0.05) is 0 Å². The number of hydrogen-bond acceptors (Lipinski definition) is 5. The van der Waals surface area contributed by atoms with Crippen molar-refractivity contribution in [1.82, 2.24) is 5.09 Å². The van der Waals surface area contributed by atoms with Gasteiger partial charge in [-0.2, -0.15) is 0 Å². The average Bonchev–Trinajstić information content (AvgIpc) is 1.99. The fraction of sp³-hybridized carbons (Fsp3) is 0.800. The molecule has 1 unspecified atom stereocenters. The minimum Gasteiger partial charge on any atom is -0.480 e. The zero-order valence-electron chi connectivity index (χ0n) is 7.32. The SMILES string of the molecule is C[C@@H](O)[C@H](NP(=O)(O)OCO)C(=O)O. The third kappa shape index (κ3) is 4.66. The topological polar surface area (TPSA) is 136 Å². The Morgan fingerprint density at radius 2 is 2.14 bits per heavy atom. The van der Waals surface area contributed by atoms with Crippen LogP contribution in [-0.2, 0) is 13.9 Å². The van der Waals surface area contributed by atoms with Crippen LogP contribution < -0.4 is 5.09 Å². The number of carboxylic acid groups (broad SMARTS) is 1. The molecule has 0 saturated heterocycles. The summed E-state index contributed by atoms with van der Waals surface area (Å²) in [5, 5.41) is 27.3. The average molecular weight is 229 g/mol. The predicted octanol–water partition coefficient (Wildman–Crippen LogP) is -1.52. The number of aliphatic hydroxyl groups excluding tert-OH is 2. The van der Waals surface area contributed by atoms with Crippen LogP contribution in [0.15, 0.2) is 0 Å². The van der Waals surface area contributed by atoms with E-state index in [1.54, 1.807) is 5.09 Å². The maximum atomic E-state index is 10.9. The first-order valence-corrected chi connectivity index (χ1v) is 5.15. The number of nitrogens with one attached hydrogen (secondary N) is 1. The van der Waals surface area contributed by atoms with E-state index in [4.69, 9.17) is 20.2 Å². The molecule has 3 atom stereocenters. The van der Waals surface area contributed by atoms with Crippen LogP contribution in [0, 0.1) is 0 Å². The smallest absolute Gasteiger partial charge is 0.405 e. The molecule has 8 nitrogen and oxygen atoms in total. The van der Waals surface area contributed by atoms with Crippen molar-refractivity contribution in [3.8, 4) is 0 Å². The summed E-state index contributed by atoms with van der Waals surface area (Å²) < 4.78 is 14.9. The third-order valence-corrected chi connectivity index (χ3v) is 2.35. The van der Waals surface area contributed by atoms with Gasteiger partial charge in [0.05, 0.1) is 6.10 Å². The number of hydrogen-bond donors (Lipinski definition) is 5. The maximum Gasteiger partial charge on any atom is 0.405 e. The Morgan fingerprint density at radius 1 is 1.64 bits per heavy atom. The molecule has 0 aliphatic rings. The highest BCUT2D eigenvalue weighted by molar-refractivity contribution is 7.50. The van der Waals surface area contributed by atoms with E-state index in [0.29, 0.717) is 0 Å². The van der Waals surface area contributed by atoms with Crippen molar-refractivity contribution in [2.24, 2.45) is 0 Å². The molecule has 0 aromatic carbocycles. The second-order valence-electron chi connectivity index (χ2n) is 2.46. The first kappa shape index (κ1) is 13.5. The van der Waals surface area contributed by atoms with Crippen LogP contribution in [0.5, 0.6) is 0 Å². The molecule has 14 heavy (non-hydrogen) atoms. The van der Waals surface area contributed by atoms with E-state index in [9.17, 15) is 9.36 Å². The van der Waals surface area contributed by atoms with Gasteiger partial charge in [0.15, 0.2) is 6.79 Å². The molecule has 0 fully saturated rings. The first-order chi connectivity index (χ1) is 6.30. The number of aliphatic hydroxyl groups is 2. The highest BCUT2D eigenvalue weighted by atomic mass is 31.2. The van der Waals surface area contributed by atoms with Crippen molar-refractivity contribution < 1.29 is 34.1 Å². The summed E-state index contributed by atoms with van der Waals surface area (Å²) in [4.78, 5) is 19.3. The van der Waals surface area contributed by atoms with Gasteiger partial charge in [-0.05, 0) is 6.92 Å². The van der Waals surface area contributed by atoms with Gasteiger partial charge in [0.25, 0.3) is 0 Å². The Bertz CT molecular complexity index is 242. The van der Waals surface area contributed by atoms with Gasteiger partial charge in [0.1, 0.15) is 6.04 Å². The number of carbonyl (C=O) groups is 1. The molecular formula is C5H12NO7P. The zero-order valence-corrected chi connectivity index (χ0v) is 8.22. The molecular weight excluding hydrogens is 217 g/mol. The van der Waals surface area contributed by atoms with Crippen LogP contribution in [-0.4, -0.2) is 45.1 Å². The van der Waals surface area contributed by atoms with E-state index in [0.717, 1.165) is 6.92 Å². The normalized spacial score (nSPS) is 19.7. The number of carboxylic acids is 1. The minimum absolute atomic E-state index is 1.03. The van der Waals surface area contributed by atoms with Gasteiger partial charge in [0.2, 0.25) is 0 Å². The third-order valence-electron chi connectivity index (χ3n) is 1.28. The summed E-state index contributed by atoms with van der Waals surface area (Å²) in [6.07, 6.45) is -1.38. The van der Waals surface area contributed by atoms with Crippen molar-refractivity contribution >= 4 is 13.7 Å². The molecule has 0 aromatic rings. The van der Waals surface area contributed by atoms with E-state index in [-0.39, 0.29) is 0 Å². The summed E-state index contributed by atoms with van der Waals surface area (Å²) in [7, 11) is -4.40. The van der Waals surface area contributed by atoms with Crippen molar-refractivity contribution in [3.63, 3.8) is 0 Å². The Kier molecular flexibility index (Phi) is 5.21. The van der Waals surface area contributed by atoms with Crippen LogP contribution in [0.1, 0.15) is 6.92 Å². The second kappa shape index (κ2) is 5.40. The second-order valence-corrected chi connectivity index (χ2v) is 4.02. The Balaban J connectivity index is 4.44. The predicted molar refractivity (Wildman–Crippen MR) is 44.2 cm³/mol. The molecule has 0 saturated carbocycles. The van der Waals surface area contributed by atoms with Crippen LogP contribution in [0.2, 0.25) is 0 Å². The zero-order chi connectivity index (χ0) is 11.4. The molecule has 0 spiro atoms. The lowest BCUT2D eigenvalue weighted by Crippen LogP contribution is -2.43. The van der Waals surface area contributed by atoms with Gasteiger partial charge < -0.3 is 20.2 Å². The molecule has 0 amide bonds. The van der Waals surface area contributed by atoms with Crippen LogP contribution in [0.25, 0.3) is 0 Å². The van der Waals surface area contributed by atoms with Crippen molar-refractivity contribution in [3.05, 3.63) is 0 Å². The quantitative estimate of drug-likeness (QED) is 0.273. The first-order valence-electron chi connectivity index (χ1n) is 3.57. The molecule has 9 heteroatoms. The standard InChI is InChI=1S/C5H12NO7P/c1-3(8)4(5(9)10)6-14(11,12)13-2-7/h3-4,7-8H,2H2,1H3,(H,9,10)(H2,6,11,12)/t3-,4+/m1/s1. The molecule has 0 radical (unpaired) electrons. The molecule has 0 aliphatic heterocycles. The summed E-state index contributed by atoms with van der Waals surface area (Å²) in [6, 6.07) is -1.64. The van der Waals surface area contributed by atoms with Gasteiger partial charge in [-0.15, -0.1) is 0 Å². The molecule has 0 heterocycles. The fourth-order valence-corrected chi connectivity index (χ4v) is 1.57. The van der Waals surface area contributed by atoms with Crippen molar-refractivity contribution in [2.75, 3.05) is 6.79 Å². The highest BCUT2D eigenvalue weighted by Gasteiger charge is 2.31. The monoisotopic (exact) mass is 229 g/mol. The van der Waals surface area contributed by atoms with E-state index in [2.05, 4.69) is 4.52 Å². The van der Waals surface area contributed by atoms with Crippen LogP contribution in [0.3, 0.4) is 0 Å². The van der Waals surface area contributed by atoms with E-state index in [1.807, 2.05) is 0 Å². The largest absolute Gasteiger partial charge is 0.480 e. The molecule has 0 bridgehead atoms. The van der Waals surface area contributed by atoms with E-state index in [1.165, 1.54) is 0 Å². The molecule has 0 rings (SSSR count). The fourth-order valence-electron chi connectivity index (χ4n) is 0.661. The summed E-state index contributed by atoms with van der Waals surface area (Å²) in [6.45, 7) is 0.0949. The number of aliphatic carboxylic acids is 1. The maximum absolute atomic E-state index is 10.9. The summed E-state index contributed by atoms with van der Waals surface area (Å²) >= 11 is 0. The Labute approximate surface area is 79.7 Å². The van der Waals surface area contributed by atoms with Gasteiger partial charge in [-0.25, -0.2) is 9.65 Å².